The Morgan fingerprint density at radius 3 is 2.85 bits per heavy atom. The van der Waals surface area contributed by atoms with Crippen LogP contribution in [-0.4, -0.2) is 37.0 Å². The number of nitrogen functional groups attached to an aromatic ring is 1. The van der Waals surface area contributed by atoms with Gasteiger partial charge < -0.3 is 20.4 Å². The van der Waals surface area contributed by atoms with Gasteiger partial charge in [-0.3, -0.25) is 4.79 Å². The van der Waals surface area contributed by atoms with Gasteiger partial charge >= 0.3 is 0 Å². The lowest BCUT2D eigenvalue weighted by atomic mass is 10.2. The highest BCUT2D eigenvalue weighted by Gasteiger charge is 2.12. The van der Waals surface area contributed by atoms with Gasteiger partial charge in [-0.1, -0.05) is 0 Å². The number of nitrogens with zero attached hydrogens (tertiary/aromatic N) is 1. The Labute approximate surface area is 118 Å². The van der Waals surface area contributed by atoms with Crippen LogP contribution in [-0.2, 0) is 0 Å². The Bertz CT molecular complexity index is 604. The molecule has 0 unspecified atom stereocenters. The summed E-state index contributed by atoms with van der Waals surface area (Å²) in [6.45, 7) is 5.63. The summed E-state index contributed by atoms with van der Waals surface area (Å²) in [5.41, 5.74) is 7.03. The van der Waals surface area contributed by atoms with E-state index in [2.05, 4.69) is 24.1 Å². The molecule has 0 fully saturated rings. The molecule has 0 saturated carbocycles. The highest BCUT2D eigenvalue weighted by Crippen LogP contribution is 2.21. The zero-order valence-corrected chi connectivity index (χ0v) is 12.1. The van der Waals surface area contributed by atoms with E-state index in [1.807, 2.05) is 7.05 Å². The van der Waals surface area contributed by atoms with Crippen LogP contribution in [0.2, 0.25) is 0 Å². The lowest BCUT2D eigenvalue weighted by Crippen LogP contribution is -2.36. The predicted octanol–water partition coefficient (Wildman–Crippen LogP) is 2.08. The van der Waals surface area contributed by atoms with Crippen LogP contribution in [0.1, 0.15) is 24.4 Å². The summed E-state index contributed by atoms with van der Waals surface area (Å²) in [4.78, 5) is 14.2. The van der Waals surface area contributed by atoms with Crippen molar-refractivity contribution in [2.24, 2.45) is 0 Å². The van der Waals surface area contributed by atoms with Crippen molar-refractivity contribution in [3.8, 4) is 0 Å². The van der Waals surface area contributed by atoms with Crippen LogP contribution >= 0.6 is 0 Å². The SMILES string of the molecule is CC(C)N(C)CCNC(=O)c1cc2cc(N)ccc2o1. The van der Waals surface area contributed by atoms with Gasteiger partial charge in [-0.2, -0.15) is 0 Å². The van der Waals surface area contributed by atoms with E-state index in [1.165, 1.54) is 0 Å². The molecule has 108 valence electrons. The zero-order valence-electron chi connectivity index (χ0n) is 12.1. The van der Waals surface area contributed by atoms with Gasteiger partial charge in [0.15, 0.2) is 5.76 Å². The molecule has 0 aliphatic heterocycles. The van der Waals surface area contributed by atoms with Crippen LogP contribution in [0, 0.1) is 0 Å². The standard InChI is InChI=1S/C15H21N3O2/c1-10(2)18(3)7-6-17-15(19)14-9-11-8-12(16)4-5-13(11)20-14/h4-5,8-10H,6-7,16H2,1-3H3,(H,17,19). The van der Waals surface area contributed by atoms with Gasteiger partial charge in [0.2, 0.25) is 0 Å². The average molecular weight is 275 g/mol. The number of amides is 1. The Hall–Kier alpha value is -2.01. The van der Waals surface area contributed by atoms with Crippen LogP contribution in [0.25, 0.3) is 11.0 Å². The number of nitrogens with one attached hydrogen (secondary N) is 1. The van der Waals surface area contributed by atoms with Crippen molar-refractivity contribution in [2.75, 3.05) is 25.9 Å². The molecule has 1 heterocycles. The van der Waals surface area contributed by atoms with Crippen LogP contribution in [0.3, 0.4) is 0 Å². The Balaban J connectivity index is 1.97. The van der Waals surface area contributed by atoms with E-state index in [4.69, 9.17) is 10.2 Å². The smallest absolute Gasteiger partial charge is 0.287 e. The fraction of sp³-hybridized carbons (Fsp3) is 0.400. The van der Waals surface area contributed by atoms with Gasteiger partial charge in [0.1, 0.15) is 5.58 Å². The summed E-state index contributed by atoms with van der Waals surface area (Å²) in [6, 6.07) is 7.50. The van der Waals surface area contributed by atoms with Crippen molar-refractivity contribution in [1.82, 2.24) is 10.2 Å². The number of benzene rings is 1. The summed E-state index contributed by atoms with van der Waals surface area (Å²) >= 11 is 0. The maximum absolute atomic E-state index is 12.0. The first-order chi connectivity index (χ1) is 9.47. The van der Waals surface area contributed by atoms with Gasteiger partial charge in [0.05, 0.1) is 0 Å². The van der Waals surface area contributed by atoms with Crippen molar-refractivity contribution in [3.05, 3.63) is 30.0 Å². The lowest BCUT2D eigenvalue weighted by Gasteiger charge is -2.20. The minimum atomic E-state index is -0.197. The summed E-state index contributed by atoms with van der Waals surface area (Å²) in [6.07, 6.45) is 0. The molecule has 1 aromatic carbocycles. The maximum Gasteiger partial charge on any atom is 0.287 e. The van der Waals surface area contributed by atoms with E-state index in [9.17, 15) is 4.79 Å². The van der Waals surface area contributed by atoms with E-state index in [-0.39, 0.29) is 5.91 Å². The number of anilines is 1. The molecule has 0 spiro atoms. The number of hydrogen-bond donors (Lipinski definition) is 2. The molecule has 2 aromatic rings. The van der Waals surface area contributed by atoms with E-state index >= 15 is 0 Å². The molecule has 0 radical (unpaired) electrons. The van der Waals surface area contributed by atoms with Crippen molar-refractivity contribution in [2.45, 2.75) is 19.9 Å². The first-order valence-corrected chi connectivity index (χ1v) is 6.75. The third-order valence-corrected chi connectivity index (χ3v) is 3.40. The third kappa shape index (κ3) is 3.30. The summed E-state index contributed by atoms with van der Waals surface area (Å²) in [5, 5.41) is 3.70. The van der Waals surface area contributed by atoms with Gasteiger partial charge in [-0.25, -0.2) is 0 Å². The number of rotatable bonds is 5. The zero-order chi connectivity index (χ0) is 14.7. The fourth-order valence-corrected chi connectivity index (χ4v) is 1.86. The van der Waals surface area contributed by atoms with E-state index in [0.717, 1.165) is 11.9 Å². The minimum Gasteiger partial charge on any atom is -0.451 e. The Kier molecular flexibility index (Phi) is 4.29. The molecule has 20 heavy (non-hydrogen) atoms. The van der Waals surface area contributed by atoms with Crippen molar-refractivity contribution in [3.63, 3.8) is 0 Å². The number of carbonyl (C=O) groups is 1. The van der Waals surface area contributed by atoms with Crippen LogP contribution in [0.4, 0.5) is 5.69 Å². The number of hydrogen-bond acceptors (Lipinski definition) is 4. The average Bonchev–Trinajstić information content (AvgIpc) is 2.81. The molecule has 3 N–H and O–H groups in total. The Morgan fingerprint density at radius 2 is 2.15 bits per heavy atom. The van der Waals surface area contributed by atoms with Crippen LogP contribution in [0.5, 0.6) is 0 Å². The quantitative estimate of drug-likeness (QED) is 0.820. The molecule has 1 amide bonds. The number of carbonyl (C=O) groups excluding carboxylic acids is 1. The third-order valence-electron chi connectivity index (χ3n) is 3.40. The lowest BCUT2D eigenvalue weighted by molar-refractivity contribution is 0.0922. The number of nitrogens with two attached hydrogens (primary N) is 1. The summed E-state index contributed by atoms with van der Waals surface area (Å²) < 4.78 is 5.51. The fourth-order valence-electron chi connectivity index (χ4n) is 1.86. The first kappa shape index (κ1) is 14.4. The molecule has 0 saturated heterocycles. The first-order valence-electron chi connectivity index (χ1n) is 6.75. The van der Waals surface area contributed by atoms with Gasteiger partial charge in [0, 0.05) is 30.2 Å². The topological polar surface area (TPSA) is 71.5 Å². The van der Waals surface area contributed by atoms with Crippen LogP contribution in [0.15, 0.2) is 28.7 Å². The molecule has 0 aliphatic rings. The summed E-state index contributed by atoms with van der Waals surface area (Å²) in [5.74, 6) is 0.120. The highest BCUT2D eigenvalue weighted by atomic mass is 16.3. The second-order valence-electron chi connectivity index (χ2n) is 5.24. The maximum atomic E-state index is 12.0. The van der Waals surface area contributed by atoms with Crippen molar-refractivity contribution in [1.29, 1.82) is 0 Å². The molecule has 5 nitrogen and oxygen atoms in total. The molecule has 5 heteroatoms. The molecular formula is C15H21N3O2. The van der Waals surface area contributed by atoms with E-state index in [0.29, 0.717) is 29.6 Å². The van der Waals surface area contributed by atoms with Gasteiger partial charge in [-0.05, 0) is 45.2 Å². The van der Waals surface area contributed by atoms with Crippen LogP contribution < -0.4 is 11.1 Å². The van der Waals surface area contributed by atoms with E-state index < -0.39 is 0 Å². The van der Waals surface area contributed by atoms with Crippen molar-refractivity contribution < 1.29 is 9.21 Å². The monoisotopic (exact) mass is 275 g/mol. The molecule has 0 aliphatic carbocycles. The number of likely N-dealkylation sites (N-methyl/N-ethyl adjacent to an activating group) is 1. The minimum absolute atomic E-state index is 0.197. The largest absolute Gasteiger partial charge is 0.451 e. The molecule has 0 bridgehead atoms. The van der Waals surface area contributed by atoms with E-state index in [1.54, 1.807) is 24.3 Å². The molecule has 2 rings (SSSR count). The summed E-state index contributed by atoms with van der Waals surface area (Å²) in [7, 11) is 2.03. The predicted molar refractivity (Wildman–Crippen MR) is 80.7 cm³/mol. The Morgan fingerprint density at radius 1 is 1.40 bits per heavy atom. The molecule has 1 aromatic heterocycles. The normalized spacial score (nSPS) is 11.4. The second-order valence-corrected chi connectivity index (χ2v) is 5.24. The second kappa shape index (κ2) is 5.96. The highest BCUT2D eigenvalue weighted by molar-refractivity contribution is 5.96. The number of fused-ring (bicyclic) bond motifs is 1. The van der Waals surface area contributed by atoms with Gasteiger partial charge in [-0.15, -0.1) is 0 Å². The number of furan rings is 1. The molecule has 0 atom stereocenters. The molecular weight excluding hydrogens is 254 g/mol. The van der Waals surface area contributed by atoms with Gasteiger partial charge in [0.25, 0.3) is 5.91 Å². The van der Waals surface area contributed by atoms with Crippen molar-refractivity contribution >= 4 is 22.6 Å².